The molecule has 0 amide bonds. The molecule has 2 aromatic rings. The van der Waals surface area contributed by atoms with E-state index in [1.54, 1.807) is 13.1 Å². The Balaban J connectivity index is 2.66. The summed E-state index contributed by atoms with van der Waals surface area (Å²) in [6.07, 6.45) is 5.61. The summed E-state index contributed by atoms with van der Waals surface area (Å²) in [5, 5.41) is 0. The first-order valence-corrected chi connectivity index (χ1v) is 6.22. The summed E-state index contributed by atoms with van der Waals surface area (Å²) in [7, 11) is 0. The van der Waals surface area contributed by atoms with E-state index >= 15 is 0 Å². The second kappa shape index (κ2) is 5.58. The molecule has 2 rings (SSSR count). The van der Waals surface area contributed by atoms with Gasteiger partial charge in [0.15, 0.2) is 5.78 Å². The molecule has 0 atom stereocenters. The number of hydrogen-bond donors (Lipinski definition) is 0. The van der Waals surface area contributed by atoms with E-state index in [2.05, 4.69) is 16.9 Å². The van der Waals surface area contributed by atoms with Gasteiger partial charge in [0.25, 0.3) is 0 Å². The van der Waals surface area contributed by atoms with Crippen molar-refractivity contribution in [1.82, 2.24) is 9.38 Å². The molecular formula is C14H17N3O. The summed E-state index contributed by atoms with van der Waals surface area (Å²) < 4.78 is 1.87. The van der Waals surface area contributed by atoms with E-state index in [1.807, 2.05) is 28.8 Å². The summed E-state index contributed by atoms with van der Waals surface area (Å²) in [6, 6.07) is 5.74. The molecule has 4 heteroatoms. The number of aromatic nitrogens is 2. The molecule has 0 aliphatic carbocycles. The van der Waals surface area contributed by atoms with Crippen LogP contribution in [-0.4, -0.2) is 21.7 Å². The highest BCUT2D eigenvalue weighted by molar-refractivity contribution is 5.93. The van der Waals surface area contributed by atoms with Gasteiger partial charge in [-0.1, -0.05) is 19.4 Å². The Morgan fingerprint density at radius 2 is 2.28 bits per heavy atom. The van der Waals surface area contributed by atoms with Crippen LogP contribution in [0.1, 0.15) is 37.0 Å². The van der Waals surface area contributed by atoms with E-state index < -0.39 is 0 Å². The lowest BCUT2D eigenvalue weighted by Gasteiger charge is -2.04. The first-order chi connectivity index (χ1) is 8.74. The van der Waals surface area contributed by atoms with E-state index in [0.29, 0.717) is 11.1 Å². The number of ketones is 1. The smallest absolute Gasteiger partial charge is 0.165 e. The molecule has 0 saturated heterocycles. The molecule has 0 aliphatic rings. The molecule has 0 fully saturated rings. The van der Waals surface area contributed by atoms with Gasteiger partial charge in [0, 0.05) is 18.9 Å². The number of pyridine rings is 1. The standard InChI is InChI=1S/C14H17N3O/c1-3-4-8-15-14-12(11(2)18)10-16-13-7-5-6-9-17(13)14/h5-7,9-10H,3-4,8H2,1-2H3. The molecule has 0 unspecified atom stereocenters. The fraction of sp³-hybridized carbons (Fsp3) is 0.357. The molecule has 0 saturated carbocycles. The van der Waals surface area contributed by atoms with Crippen molar-refractivity contribution in [3.05, 3.63) is 41.6 Å². The van der Waals surface area contributed by atoms with Gasteiger partial charge in [-0.25, -0.2) is 4.98 Å². The molecule has 0 aliphatic heterocycles. The number of rotatable bonds is 4. The van der Waals surface area contributed by atoms with E-state index in [0.717, 1.165) is 25.0 Å². The topological polar surface area (TPSA) is 46.7 Å². The van der Waals surface area contributed by atoms with Gasteiger partial charge in [-0.2, -0.15) is 0 Å². The monoisotopic (exact) mass is 243 g/mol. The van der Waals surface area contributed by atoms with Gasteiger partial charge in [0.1, 0.15) is 11.1 Å². The predicted molar refractivity (Wildman–Crippen MR) is 70.5 cm³/mol. The van der Waals surface area contributed by atoms with Gasteiger partial charge < -0.3 is 0 Å². The summed E-state index contributed by atoms with van der Waals surface area (Å²) >= 11 is 0. The Hall–Kier alpha value is -1.97. The number of fused-ring (bicyclic) bond motifs is 1. The van der Waals surface area contributed by atoms with E-state index in [9.17, 15) is 4.79 Å². The second-order valence-electron chi connectivity index (χ2n) is 4.22. The second-order valence-corrected chi connectivity index (χ2v) is 4.22. The van der Waals surface area contributed by atoms with Crippen LogP contribution in [0.2, 0.25) is 0 Å². The number of hydrogen-bond acceptors (Lipinski definition) is 3. The van der Waals surface area contributed by atoms with E-state index in [-0.39, 0.29) is 5.78 Å². The van der Waals surface area contributed by atoms with Gasteiger partial charge in [-0.05, 0) is 25.5 Å². The zero-order chi connectivity index (χ0) is 13.0. The quantitative estimate of drug-likeness (QED) is 0.610. The van der Waals surface area contributed by atoms with Crippen LogP contribution in [0.25, 0.3) is 5.65 Å². The Bertz CT molecular complexity index is 628. The average molecular weight is 243 g/mol. The summed E-state index contributed by atoms with van der Waals surface area (Å²) in [5.74, 6) is -0.00370. The highest BCUT2D eigenvalue weighted by Gasteiger charge is 2.06. The number of carbonyl (C=O) groups excluding carboxylic acids is 1. The lowest BCUT2D eigenvalue weighted by molar-refractivity contribution is 0.101. The summed E-state index contributed by atoms with van der Waals surface area (Å²) in [5.41, 5.74) is 2.09. The van der Waals surface area contributed by atoms with Gasteiger partial charge >= 0.3 is 0 Å². The molecule has 2 aromatic heterocycles. The van der Waals surface area contributed by atoms with Crippen molar-refractivity contribution in [2.75, 3.05) is 6.54 Å². The van der Waals surface area contributed by atoms with Crippen LogP contribution in [0, 0.1) is 0 Å². The number of unbranched alkanes of at least 4 members (excludes halogenated alkanes) is 1. The molecule has 18 heavy (non-hydrogen) atoms. The third-order valence-corrected chi connectivity index (χ3v) is 2.79. The summed E-state index contributed by atoms with van der Waals surface area (Å²) in [4.78, 5) is 20.5. The fourth-order valence-corrected chi connectivity index (χ4v) is 1.79. The van der Waals surface area contributed by atoms with Crippen LogP contribution in [0.4, 0.5) is 0 Å². The SMILES string of the molecule is CCCCN=c1c(C(C)=O)cnc2ccccn12. The van der Waals surface area contributed by atoms with Crippen molar-refractivity contribution >= 4 is 11.4 Å². The molecule has 0 spiro atoms. The first-order valence-electron chi connectivity index (χ1n) is 6.22. The van der Waals surface area contributed by atoms with Gasteiger partial charge in [-0.3, -0.25) is 14.2 Å². The maximum absolute atomic E-state index is 11.6. The van der Waals surface area contributed by atoms with Crippen LogP contribution in [0.3, 0.4) is 0 Å². The van der Waals surface area contributed by atoms with E-state index in [1.165, 1.54) is 0 Å². The first kappa shape index (κ1) is 12.5. The van der Waals surface area contributed by atoms with Crippen LogP contribution in [-0.2, 0) is 0 Å². The molecule has 0 N–H and O–H groups in total. The predicted octanol–water partition coefficient (Wildman–Crippen LogP) is 2.24. The largest absolute Gasteiger partial charge is 0.294 e. The van der Waals surface area contributed by atoms with Gasteiger partial charge in [0.2, 0.25) is 0 Å². The maximum atomic E-state index is 11.6. The zero-order valence-corrected chi connectivity index (χ0v) is 10.8. The van der Waals surface area contributed by atoms with Crippen molar-refractivity contribution in [3.63, 3.8) is 0 Å². The average Bonchev–Trinajstić information content (AvgIpc) is 2.38. The minimum absolute atomic E-state index is 0.00370. The molecular weight excluding hydrogens is 226 g/mol. The molecule has 0 bridgehead atoms. The molecule has 4 nitrogen and oxygen atoms in total. The highest BCUT2D eigenvalue weighted by Crippen LogP contribution is 1.99. The van der Waals surface area contributed by atoms with Gasteiger partial charge in [-0.15, -0.1) is 0 Å². The van der Waals surface area contributed by atoms with Crippen molar-refractivity contribution < 1.29 is 4.79 Å². The van der Waals surface area contributed by atoms with Crippen molar-refractivity contribution in [3.8, 4) is 0 Å². The van der Waals surface area contributed by atoms with Crippen LogP contribution < -0.4 is 5.49 Å². The molecule has 0 aromatic carbocycles. The minimum Gasteiger partial charge on any atom is -0.294 e. The third kappa shape index (κ3) is 2.47. The van der Waals surface area contributed by atoms with E-state index in [4.69, 9.17) is 0 Å². The number of Topliss-reactive ketones (excluding diaryl/α,β-unsaturated/α-hetero) is 1. The summed E-state index contributed by atoms with van der Waals surface area (Å²) in [6.45, 7) is 4.40. The van der Waals surface area contributed by atoms with Crippen molar-refractivity contribution in [1.29, 1.82) is 0 Å². The van der Waals surface area contributed by atoms with Crippen LogP contribution >= 0.6 is 0 Å². The molecule has 0 radical (unpaired) electrons. The zero-order valence-electron chi connectivity index (χ0n) is 10.8. The third-order valence-electron chi connectivity index (χ3n) is 2.79. The number of nitrogens with zero attached hydrogens (tertiary/aromatic N) is 3. The lowest BCUT2D eigenvalue weighted by Crippen LogP contribution is -2.23. The Morgan fingerprint density at radius 1 is 1.44 bits per heavy atom. The van der Waals surface area contributed by atoms with Crippen molar-refractivity contribution in [2.45, 2.75) is 26.7 Å². The van der Waals surface area contributed by atoms with Crippen LogP contribution in [0.5, 0.6) is 0 Å². The lowest BCUT2D eigenvalue weighted by atomic mass is 10.2. The van der Waals surface area contributed by atoms with Crippen molar-refractivity contribution in [2.24, 2.45) is 4.99 Å². The normalized spacial score (nSPS) is 12.0. The Morgan fingerprint density at radius 3 is 3.00 bits per heavy atom. The maximum Gasteiger partial charge on any atom is 0.165 e. The van der Waals surface area contributed by atoms with Gasteiger partial charge in [0.05, 0.1) is 5.56 Å². The fourth-order valence-electron chi connectivity index (χ4n) is 1.79. The Labute approximate surface area is 106 Å². The molecule has 2 heterocycles. The van der Waals surface area contributed by atoms with Crippen LogP contribution in [0.15, 0.2) is 35.6 Å². The highest BCUT2D eigenvalue weighted by atomic mass is 16.1. The molecule has 94 valence electrons. The Kier molecular flexibility index (Phi) is 3.87. The minimum atomic E-state index is -0.00370. The number of carbonyl (C=O) groups is 1.